The SMILES string of the molecule is CC(C)=C[C@@H](C[C@@H]1OC(C)(C)N(C(=O)O)[C@H]1CC1CCCCC1)C(C)C. The summed E-state index contributed by atoms with van der Waals surface area (Å²) in [6, 6.07) is -0.0302. The summed E-state index contributed by atoms with van der Waals surface area (Å²) < 4.78 is 6.35. The van der Waals surface area contributed by atoms with Gasteiger partial charge >= 0.3 is 6.09 Å². The van der Waals surface area contributed by atoms with Crippen molar-refractivity contribution < 1.29 is 14.6 Å². The first-order chi connectivity index (χ1) is 12.1. The first-order valence-electron chi connectivity index (χ1n) is 10.5. The van der Waals surface area contributed by atoms with Gasteiger partial charge in [-0.15, -0.1) is 0 Å². The van der Waals surface area contributed by atoms with Crippen LogP contribution in [0.15, 0.2) is 11.6 Å². The average Bonchev–Trinajstić information content (AvgIpc) is 2.77. The maximum atomic E-state index is 12.0. The van der Waals surface area contributed by atoms with Gasteiger partial charge in [-0.1, -0.05) is 57.6 Å². The Labute approximate surface area is 160 Å². The lowest BCUT2D eigenvalue weighted by Crippen LogP contribution is -2.48. The largest absolute Gasteiger partial charge is 0.465 e. The fourth-order valence-electron chi connectivity index (χ4n) is 4.90. The summed E-state index contributed by atoms with van der Waals surface area (Å²) in [7, 11) is 0. The lowest BCUT2D eigenvalue weighted by molar-refractivity contribution is -0.0707. The second-order valence-electron chi connectivity index (χ2n) is 9.45. The molecule has 0 spiro atoms. The van der Waals surface area contributed by atoms with Crippen LogP contribution in [0.5, 0.6) is 0 Å². The van der Waals surface area contributed by atoms with Gasteiger partial charge in [0.2, 0.25) is 0 Å². The van der Waals surface area contributed by atoms with Crippen LogP contribution in [0.25, 0.3) is 0 Å². The molecule has 150 valence electrons. The van der Waals surface area contributed by atoms with Gasteiger partial charge in [0, 0.05) is 0 Å². The number of ether oxygens (including phenoxy) is 1. The fraction of sp³-hybridized carbons (Fsp3) is 0.864. The van der Waals surface area contributed by atoms with Crippen LogP contribution in [0.3, 0.4) is 0 Å². The van der Waals surface area contributed by atoms with Gasteiger partial charge in [-0.3, -0.25) is 4.90 Å². The van der Waals surface area contributed by atoms with E-state index in [1.807, 2.05) is 13.8 Å². The minimum Gasteiger partial charge on any atom is -0.465 e. The van der Waals surface area contributed by atoms with Gasteiger partial charge < -0.3 is 9.84 Å². The van der Waals surface area contributed by atoms with Crippen molar-refractivity contribution >= 4 is 6.09 Å². The van der Waals surface area contributed by atoms with Crippen molar-refractivity contribution in [2.75, 3.05) is 0 Å². The highest BCUT2D eigenvalue weighted by molar-refractivity contribution is 5.66. The highest BCUT2D eigenvalue weighted by atomic mass is 16.6. The van der Waals surface area contributed by atoms with Crippen molar-refractivity contribution in [3.8, 4) is 0 Å². The van der Waals surface area contributed by atoms with Gasteiger partial charge in [-0.2, -0.15) is 0 Å². The van der Waals surface area contributed by atoms with Crippen molar-refractivity contribution in [2.24, 2.45) is 17.8 Å². The van der Waals surface area contributed by atoms with E-state index in [0.717, 1.165) is 12.8 Å². The minimum atomic E-state index is -0.846. The molecule has 1 heterocycles. The number of hydrogen-bond acceptors (Lipinski definition) is 2. The first kappa shape index (κ1) is 21.3. The standard InChI is InChI=1S/C22H39NO3/c1-15(2)12-18(16(3)4)14-20-19(13-17-10-8-7-9-11-17)23(21(24)25)22(5,6)26-20/h12,16-20H,7-11,13-14H2,1-6H3,(H,24,25)/t18-,19-,20-/m0/s1. The lowest BCUT2D eigenvalue weighted by atomic mass is 9.81. The van der Waals surface area contributed by atoms with Gasteiger partial charge in [0.15, 0.2) is 0 Å². The van der Waals surface area contributed by atoms with Crippen LogP contribution in [0.1, 0.15) is 86.5 Å². The Hall–Kier alpha value is -1.03. The third-order valence-corrected chi connectivity index (χ3v) is 6.19. The molecule has 1 saturated heterocycles. The number of amides is 1. The summed E-state index contributed by atoms with van der Waals surface area (Å²) in [6.45, 7) is 12.6. The van der Waals surface area contributed by atoms with Crippen molar-refractivity contribution in [3.05, 3.63) is 11.6 Å². The molecule has 3 atom stereocenters. The molecule has 26 heavy (non-hydrogen) atoms. The number of allylic oxidation sites excluding steroid dienone is 2. The van der Waals surface area contributed by atoms with Gasteiger partial charge in [-0.05, 0) is 58.3 Å². The van der Waals surface area contributed by atoms with Crippen LogP contribution in [0.4, 0.5) is 4.79 Å². The van der Waals surface area contributed by atoms with E-state index in [2.05, 4.69) is 33.8 Å². The van der Waals surface area contributed by atoms with E-state index < -0.39 is 11.8 Å². The summed E-state index contributed by atoms with van der Waals surface area (Å²) >= 11 is 0. The molecule has 0 aromatic heterocycles. The molecule has 0 aromatic rings. The Balaban J connectivity index is 2.22. The fourth-order valence-corrected chi connectivity index (χ4v) is 4.90. The Bertz CT molecular complexity index is 502. The highest BCUT2D eigenvalue weighted by Crippen LogP contribution is 2.41. The number of rotatable bonds is 6. The van der Waals surface area contributed by atoms with Gasteiger partial charge in [0.25, 0.3) is 0 Å². The Morgan fingerprint density at radius 3 is 2.35 bits per heavy atom. The zero-order chi connectivity index (χ0) is 19.5. The average molecular weight is 366 g/mol. The molecule has 0 bridgehead atoms. The van der Waals surface area contributed by atoms with Crippen molar-refractivity contribution in [3.63, 3.8) is 0 Å². The van der Waals surface area contributed by atoms with Crippen molar-refractivity contribution in [2.45, 2.75) is 104 Å². The Morgan fingerprint density at radius 2 is 1.85 bits per heavy atom. The molecule has 4 heteroatoms. The summed E-state index contributed by atoms with van der Waals surface area (Å²) in [5.74, 6) is 1.57. The smallest absolute Gasteiger partial charge is 0.409 e. The van der Waals surface area contributed by atoms with Crippen LogP contribution >= 0.6 is 0 Å². The van der Waals surface area contributed by atoms with E-state index in [4.69, 9.17) is 4.74 Å². The van der Waals surface area contributed by atoms with Gasteiger partial charge in [-0.25, -0.2) is 4.79 Å². The van der Waals surface area contributed by atoms with E-state index in [-0.39, 0.29) is 12.1 Å². The number of hydrogen-bond donors (Lipinski definition) is 1. The molecule has 1 aliphatic heterocycles. The second-order valence-corrected chi connectivity index (χ2v) is 9.45. The van der Waals surface area contributed by atoms with Crippen LogP contribution in [0, 0.1) is 17.8 Å². The quantitative estimate of drug-likeness (QED) is 0.581. The highest BCUT2D eigenvalue weighted by Gasteiger charge is 2.50. The molecular weight excluding hydrogens is 326 g/mol. The van der Waals surface area contributed by atoms with E-state index >= 15 is 0 Å². The van der Waals surface area contributed by atoms with Crippen LogP contribution in [0.2, 0.25) is 0 Å². The third-order valence-electron chi connectivity index (χ3n) is 6.19. The maximum absolute atomic E-state index is 12.0. The summed E-state index contributed by atoms with van der Waals surface area (Å²) in [4.78, 5) is 13.6. The molecule has 2 fully saturated rings. The molecule has 1 saturated carbocycles. The second kappa shape index (κ2) is 8.77. The molecule has 0 radical (unpaired) electrons. The monoisotopic (exact) mass is 365 g/mol. The predicted molar refractivity (Wildman–Crippen MR) is 106 cm³/mol. The van der Waals surface area contributed by atoms with Crippen LogP contribution in [-0.2, 0) is 4.74 Å². The van der Waals surface area contributed by atoms with Crippen LogP contribution < -0.4 is 0 Å². The topological polar surface area (TPSA) is 49.8 Å². The minimum absolute atomic E-state index is 0.0222. The van der Waals surface area contributed by atoms with Gasteiger partial charge in [0.05, 0.1) is 12.1 Å². The van der Waals surface area contributed by atoms with E-state index in [1.54, 1.807) is 4.90 Å². The lowest BCUT2D eigenvalue weighted by Gasteiger charge is -2.34. The summed E-state index contributed by atoms with van der Waals surface area (Å²) in [6.07, 6.45) is 9.67. The van der Waals surface area contributed by atoms with E-state index in [9.17, 15) is 9.90 Å². The van der Waals surface area contributed by atoms with E-state index in [0.29, 0.717) is 17.8 Å². The summed E-state index contributed by atoms with van der Waals surface area (Å²) in [5, 5.41) is 9.89. The maximum Gasteiger partial charge on any atom is 0.409 e. The molecule has 0 unspecified atom stereocenters. The third kappa shape index (κ3) is 5.25. The Morgan fingerprint density at radius 1 is 1.23 bits per heavy atom. The Kier molecular flexibility index (Phi) is 7.18. The number of carbonyl (C=O) groups is 1. The van der Waals surface area contributed by atoms with E-state index in [1.165, 1.54) is 37.7 Å². The number of carboxylic acid groups (broad SMARTS) is 1. The molecule has 1 amide bonds. The molecule has 4 nitrogen and oxygen atoms in total. The molecule has 1 aliphatic carbocycles. The molecule has 1 N–H and O–H groups in total. The normalized spacial score (nSPS) is 27.6. The van der Waals surface area contributed by atoms with Crippen molar-refractivity contribution in [1.82, 2.24) is 4.90 Å². The molecule has 0 aromatic carbocycles. The predicted octanol–water partition coefficient (Wildman–Crippen LogP) is 6.07. The molecule has 2 rings (SSSR count). The first-order valence-corrected chi connectivity index (χ1v) is 10.5. The molecular formula is C22H39NO3. The zero-order valence-corrected chi connectivity index (χ0v) is 17.6. The van der Waals surface area contributed by atoms with Gasteiger partial charge in [0.1, 0.15) is 5.72 Å². The summed E-state index contributed by atoms with van der Waals surface area (Å²) in [5.41, 5.74) is 0.572. The van der Waals surface area contributed by atoms with Crippen molar-refractivity contribution in [1.29, 1.82) is 0 Å². The molecule has 2 aliphatic rings. The number of nitrogens with zero attached hydrogens (tertiary/aromatic N) is 1. The zero-order valence-electron chi connectivity index (χ0n) is 17.6. The van der Waals surface area contributed by atoms with Crippen LogP contribution in [-0.4, -0.2) is 34.0 Å².